The van der Waals surface area contributed by atoms with Crippen LogP contribution >= 0.6 is 0 Å². The number of amides is 1. The lowest BCUT2D eigenvalue weighted by molar-refractivity contribution is 0.0941. The molecule has 2 aliphatic rings. The van der Waals surface area contributed by atoms with Crippen LogP contribution in [0.4, 0.5) is 8.78 Å². The van der Waals surface area contributed by atoms with Gasteiger partial charge in [0.1, 0.15) is 17.3 Å². The van der Waals surface area contributed by atoms with Gasteiger partial charge in [-0.05, 0) is 67.5 Å². The number of carbonyl (C=O) groups is 1. The molecule has 0 bridgehead atoms. The first-order valence-electron chi connectivity index (χ1n) is 10.8. The van der Waals surface area contributed by atoms with Gasteiger partial charge in [-0.2, -0.15) is 0 Å². The number of hydrogen-bond donors (Lipinski definition) is 1. The Labute approximate surface area is 185 Å². The highest BCUT2D eigenvalue weighted by molar-refractivity contribution is 5.95. The van der Waals surface area contributed by atoms with Crippen molar-refractivity contribution in [1.29, 1.82) is 0 Å². The molecule has 7 heteroatoms. The molecular formula is C25H24F2N2O3. The SMILES string of the molecule is Cc1c2c(n(Cc3ccc(F)cc3F)c1C(=O)NCc1ccc3c(c1)OCO3)CCCC2. The van der Waals surface area contributed by atoms with Crippen LogP contribution in [-0.2, 0) is 25.9 Å². The first-order chi connectivity index (χ1) is 15.5. The van der Waals surface area contributed by atoms with Crippen molar-refractivity contribution < 1.29 is 23.0 Å². The lowest BCUT2D eigenvalue weighted by atomic mass is 9.95. The van der Waals surface area contributed by atoms with Gasteiger partial charge in [0.05, 0.1) is 6.54 Å². The molecule has 1 aromatic heterocycles. The third-order valence-electron chi connectivity index (χ3n) is 6.29. The Morgan fingerprint density at radius 1 is 1.06 bits per heavy atom. The highest BCUT2D eigenvalue weighted by Gasteiger charge is 2.27. The molecule has 1 amide bonds. The van der Waals surface area contributed by atoms with Crippen LogP contribution in [0.3, 0.4) is 0 Å². The minimum atomic E-state index is -0.612. The molecule has 1 N–H and O–H groups in total. The molecular weight excluding hydrogens is 414 g/mol. The average Bonchev–Trinajstić information content (AvgIpc) is 3.36. The molecule has 2 heterocycles. The first-order valence-corrected chi connectivity index (χ1v) is 10.8. The molecule has 1 aliphatic heterocycles. The van der Waals surface area contributed by atoms with Gasteiger partial charge >= 0.3 is 0 Å². The third-order valence-corrected chi connectivity index (χ3v) is 6.29. The molecule has 32 heavy (non-hydrogen) atoms. The minimum Gasteiger partial charge on any atom is -0.454 e. The topological polar surface area (TPSA) is 52.5 Å². The van der Waals surface area contributed by atoms with E-state index in [1.54, 1.807) is 0 Å². The number of aromatic nitrogens is 1. The van der Waals surface area contributed by atoms with Crippen LogP contribution < -0.4 is 14.8 Å². The molecule has 5 rings (SSSR count). The van der Waals surface area contributed by atoms with E-state index in [2.05, 4.69) is 5.32 Å². The van der Waals surface area contributed by atoms with Crippen molar-refractivity contribution >= 4 is 5.91 Å². The third kappa shape index (κ3) is 3.72. The summed E-state index contributed by atoms with van der Waals surface area (Å²) in [5, 5.41) is 3.00. The molecule has 0 atom stereocenters. The minimum absolute atomic E-state index is 0.190. The van der Waals surface area contributed by atoms with Crippen molar-refractivity contribution in [2.45, 2.75) is 45.7 Å². The number of rotatable bonds is 5. The Hall–Kier alpha value is -3.35. The number of fused-ring (bicyclic) bond motifs is 2. The lowest BCUT2D eigenvalue weighted by Crippen LogP contribution is -2.27. The molecule has 2 aromatic carbocycles. The van der Waals surface area contributed by atoms with E-state index in [-0.39, 0.29) is 19.2 Å². The molecule has 0 unspecified atom stereocenters. The fourth-order valence-corrected chi connectivity index (χ4v) is 4.68. The predicted molar refractivity (Wildman–Crippen MR) is 115 cm³/mol. The Bertz CT molecular complexity index is 1200. The van der Waals surface area contributed by atoms with Gasteiger partial charge in [0, 0.05) is 23.9 Å². The molecule has 0 spiro atoms. The summed E-state index contributed by atoms with van der Waals surface area (Å²) in [6, 6.07) is 9.15. The Morgan fingerprint density at radius 2 is 1.88 bits per heavy atom. The van der Waals surface area contributed by atoms with E-state index in [4.69, 9.17) is 9.47 Å². The standard InChI is InChI=1S/C25H24F2N2O3/c1-15-19-4-2-3-5-21(19)29(13-17-7-8-18(26)11-20(17)27)24(15)25(30)28-12-16-6-9-22-23(10-16)32-14-31-22/h6-11H,2-5,12-14H2,1H3,(H,28,30). The number of nitrogens with one attached hydrogen (secondary N) is 1. The summed E-state index contributed by atoms with van der Waals surface area (Å²) >= 11 is 0. The van der Waals surface area contributed by atoms with Crippen LogP contribution in [0.1, 0.15) is 51.3 Å². The zero-order valence-electron chi connectivity index (χ0n) is 17.8. The summed E-state index contributed by atoms with van der Waals surface area (Å²) in [6.45, 7) is 2.67. The van der Waals surface area contributed by atoms with Crippen molar-refractivity contribution in [2.75, 3.05) is 6.79 Å². The average molecular weight is 438 g/mol. The number of carbonyl (C=O) groups excluding carboxylic acids is 1. The van der Waals surface area contributed by atoms with E-state index in [0.717, 1.165) is 48.6 Å². The Kier molecular flexibility index (Phi) is 5.33. The van der Waals surface area contributed by atoms with Gasteiger partial charge in [-0.1, -0.05) is 12.1 Å². The van der Waals surface area contributed by atoms with Crippen molar-refractivity contribution in [3.63, 3.8) is 0 Å². The zero-order chi connectivity index (χ0) is 22.2. The largest absolute Gasteiger partial charge is 0.454 e. The maximum absolute atomic E-state index is 14.4. The second kappa shape index (κ2) is 8.30. The zero-order valence-corrected chi connectivity index (χ0v) is 17.8. The second-order valence-corrected chi connectivity index (χ2v) is 8.30. The quantitative estimate of drug-likeness (QED) is 0.630. The summed E-state index contributed by atoms with van der Waals surface area (Å²) in [6.07, 6.45) is 3.85. The maximum atomic E-state index is 14.4. The Balaban J connectivity index is 1.44. The van der Waals surface area contributed by atoms with Gasteiger partial charge in [0.25, 0.3) is 5.91 Å². The van der Waals surface area contributed by atoms with E-state index < -0.39 is 11.6 Å². The molecule has 1 aliphatic carbocycles. The smallest absolute Gasteiger partial charge is 0.268 e. The van der Waals surface area contributed by atoms with E-state index in [9.17, 15) is 13.6 Å². The van der Waals surface area contributed by atoms with Crippen molar-refractivity contribution in [1.82, 2.24) is 9.88 Å². The van der Waals surface area contributed by atoms with E-state index in [1.165, 1.54) is 17.7 Å². The van der Waals surface area contributed by atoms with Crippen LogP contribution in [0.25, 0.3) is 0 Å². The molecule has 0 fully saturated rings. The summed E-state index contributed by atoms with van der Waals surface area (Å²) in [5.74, 6) is -0.0688. The second-order valence-electron chi connectivity index (χ2n) is 8.30. The summed E-state index contributed by atoms with van der Waals surface area (Å²) in [4.78, 5) is 13.3. The van der Waals surface area contributed by atoms with Crippen LogP contribution in [0.5, 0.6) is 11.5 Å². The molecule has 5 nitrogen and oxygen atoms in total. The van der Waals surface area contributed by atoms with Crippen molar-refractivity contribution in [3.05, 3.63) is 81.7 Å². The van der Waals surface area contributed by atoms with E-state index in [1.807, 2.05) is 29.7 Å². The number of hydrogen-bond acceptors (Lipinski definition) is 3. The molecule has 166 valence electrons. The predicted octanol–water partition coefficient (Wildman–Crippen LogP) is 4.66. The van der Waals surface area contributed by atoms with E-state index in [0.29, 0.717) is 29.3 Å². The number of ether oxygens (including phenoxy) is 2. The number of benzene rings is 2. The molecule has 0 saturated heterocycles. The molecule has 3 aromatic rings. The van der Waals surface area contributed by atoms with Gasteiger partial charge in [-0.3, -0.25) is 4.79 Å². The van der Waals surface area contributed by atoms with Crippen molar-refractivity contribution in [2.24, 2.45) is 0 Å². The number of nitrogens with zero attached hydrogens (tertiary/aromatic N) is 1. The Morgan fingerprint density at radius 3 is 2.72 bits per heavy atom. The highest BCUT2D eigenvalue weighted by Crippen LogP contribution is 2.33. The summed E-state index contributed by atoms with van der Waals surface area (Å²) in [7, 11) is 0. The number of halogens is 2. The van der Waals surface area contributed by atoms with Crippen LogP contribution in [-0.4, -0.2) is 17.3 Å². The van der Waals surface area contributed by atoms with Gasteiger partial charge in [-0.15, -0.1) is 0 Å². The normalized spacial score (nSPS) is 14.3. The highest BCUT2D eigenvalue weighted by atomic mass is 19.1. The fourth-order valence-electron chi connectivity index (χ4n) is 4.68. The fraction of sp³-hybridized carbons (Fsp3) is 0.320. The van der Waals surface area contributed by atoms with Crippen LogP contribution in [0.2, 0.25) is 0 Å². The summed E-state index contributed by atoms with van der Waals surface area (Å²) < 4.78 is 40.5. The molecule has 0 radical (unpaired) electrons. The summed E-state index contributed by atoms with van der Waals surface area (Å²) in [5.41, 5.74) is 4.98. The first kappa shape index (κ1) is 20.5. The van der Waals surface area contributed by atoms with E-state index >= 15 is 0 Å². The van der Waals surface area contributed by atoms with Gasteiger partial charge in [-0.25, -0.2) is 8.78 Å². The maximum Gasteiger partial charge on any atom is 0.268 e. The monoisotopic (exact) mass is 438 g/mol. The van der Waals surface area contributed by atoms with Crippen molar-refractivity contribution in [3.8, 4) is 11.5 Å². The van der Waals surface area contributed by atoms with Gasteiger partial charge in [0.2, 0.25) is 6.79 Å². The van der Waals surface area contributed by atoms with Gasteiger partial charge in [0.15, 0.2) is 11.5 Å². The van der Waals surface area contributed by atoms with Crippen LogP contribution in [0.15, 0.2) is 36.4 Å². The lowest BCUT2D eigenvalue weighted by Gasteiger charge is -2.17. The van der Waals surface area contributed by atoms with Crippen LogP contribution in [0, 0.1) is 18.6 Å². The van der Waals surface area contributed by atoms with Gasteiger partial charge < -0.3 is 19.4 Å². The molecule has 0 saturated carbocycles.